The van der Waals surface area contributed by atoms with E-state index in [0.29, 0.717) is 0 Å². The van der Waals surface area contributed by atoms with Gasteiger partial charge in [-0.1, -0.05) is 158 Å². The van der Waals surface area contributed by atoms with Crippen LogP contribution in [0.1, 0.15) is 0 Å². The molecule has 2 nitrogen and oxygen atoms in total. The van der Waals surface area contributed by atoms with E-state index in [-0.39, 0.29) is 0 Å². The van der Waals surface area contributed by atoms with Crippen LogP contribution in [0, 0.1) is 0 Å². The third kappa shape index (κ3) is 4.13. The molecule has 0 spiro atoms. The van der Waals surface area contributed by atoms with Crippen LogP contribution in [0.3, 0.4) is 0 Å². The molecule has 0 radical (unpaired) electrons. The van der Waals surface area contributed by atoms with Crippen LogP contribution in [0.5, 0.6) is 0 Å². The second kappa shape index (κ2) is 11.5. The molecule has 0 bridgehead atoms. The number of benzene rings is 9. The Morgan fingerprint density at radius 1 is 0.309 bits per heavy atom. The van der Waals surface area contributed by atoms with Gasteiger partial charge in [0, 0.05) is 32.9 Å². The van der Waals surface area contributed by atoms with E-state index in [1.54, 1.807) is 0 Å². The van der Waals surface area contributed by atoms with Crippen LogP contribution >= 0.6 is 0 Å². The smallest absolute Gasteiger partial charge is 0.180 e. The zero-order chi connectivity index (χ0) is 36.1. The highest BCUT2D eigenvalue weighted by Gasteiger charge is 2.48. The summed E-state index contributed by atoms with van der Waals surface area (Å²) in [7, 11) is -2.57. The Kier molecular flexibility index (Phi) is 6.39. The molecule has 0 atom stereocenters. The number of fused-ring (bicyclic) bond motifs is 11. The molecule has 55 heavy (non-hydrogen) atoms. The maximum atomic E-state index is 2.48. The molecule has 0 unspecified atom stereocenters. The van der Waals surface area contributed by atoms with E-state index < -0.39 is 8.07 Å². The van der Waals surface area contributed by atoms with Crippen LogP contribution in [-0.2, 0) is 0 Å². The third-order valence-electron chi connectivity index (χ3n) is 12.2. The Hall–Kier alpha value is -6.94. The Bertz CT molecular complexity index is 3220. The van der Waals surface area contributed by atoms with Crippen LogP contribution < -0.4 is 20.7 Å². The predicted octanol–water partition coefficient (Wildman–Crippen LogP) is 10.4. The molecular weight excluding hydrogens is 681 g/mol. The molecular formula is C52H34N2Si. The highest BCUT2D eigenvalue weighted by Crippen LogP contribution is 2.40. The molecule has 3 heteroatoms. The largest absolute Gasteiger partial charge is 0.309 e. The van der Waals surface area contributed by atoms with Crippen LogP contribution in [0.15, 0.2) is 206 Å². The molecule has 12 rings (SSSR count). The number of para-hydroxylation sites is 2. The highest BCUT2D eigenvalue weighted by atomic mass is 28.3. The quantitative estimate of drug-likeness (QED) is 0.161. The van der Waals surface area contributed by atoms with E-state index >= 15 is 0 Å². The van der Waals surface area contributed by atoms with Gasteiger partial charge in [-0.25, -0.2) is 0 Å². The first kappa shape index (κ1) is 30.5. The summed E-state index contributed by atoms with van der Waals surface area (Å²) in [6.45, 7) is 0. The summed E-state index contributed by atoms with van der Waals surface area (Å²) >= 11 is 0. The minimum Gasteiger partial charge on any atom is -0.309 e. The Morgan fingerprint density at radius 2 is 0.800 bits per heavy atom. The summed E-state index contributed by atoms with van der Waals surface area (Å²) in [5, 5.41) is 13.4. The van der Waals surface area contributed by atoms with Gasteiger partial charge >= 0.3 is 0 Å². The van der Waals surface area contributed by atoms with Gasteiger partial charge in [0.05, 0.1) is 22.1 Å². The van der Waals surface area contributed by atoms with Crippen molar-refractivity contribution in [2.75, 3.05) is 0 Å². The number of nitrogens with zero attached hydrogens (tertiary/aromatic N) is 2. The third-order valence-corrected chi connectivity index (χ3v) is 17.1. The van der Waals surface area contributed by atoms with Crippen LogP contribution in [0.25, 0.3) is 76.9 Å². The second-order valence-electron chi connectivity index (χ2n) is 14.8. The summed E-state index contributed by atoms with van der Waals surface area (Å²) in [6, 6.07) is 77.1. The maximum Gasteiger partial charge on any atom is 0.180 e. The van der Waals surface area contributed by atoms with E-state index in [1.165, 1.54) is 97.6 Å². The zero-order valence-corrected chi connectivity index (χ0v) is 31.0. The topological polar surface area (TPSA) is 9.86 Å². The van der Waals surface area contributed by atoms with Gasteiger partial charge in [0.25, 0.3) is 0 Å². The molecule has 0 amide bonds. The summed E-state index contributed by atoms with van der Waals surface area (Å²) in [4.78, 5) is 0. The lowest BCUT2D eigenvalue weighted by molar-refractivity contribution is 1.17. The van der Waals surface area contributed by atoms with Crippen molar-refractivity contribution < 1.29 is 0 Å². The predicted molar refractivity (Wildman–Crippen MR) is 235 cm³/mol. The van der Waals surface area contributed by atoms with Gasteiger partial charge in [-0.2, -0.15) is 0 Å². The van der Waals surface area contributed by atoms with Crippen LogP contribution in [0.4, 0.5) is 0 Å². The SMILES string of the molecule is c1ccc([Si]2(c3ccc(-n4c5ccc(-n6c7ccccc7c7ccccc76)cc5c5c6ccccc6ccc54)cc3)c3ccccc3-c3ccccc32)cc1. The van der Waals surface area contributed by atoms with E-state index in [9.17, 15) is 0 Å². The molecule has 11 aromatic rings. The van der Waals surface area contributed by atoms with Crippen molar-refractivity contribution in [1.82, 2.24) is 9.13 Å². The van der Waals surface area contributed by atoms with Gasteiger partial charge in [0.15, 0.2) is 8.07 Å². The van der Waals surface area contributed by atoms with E-state index in [1.807, 2.05) is 0 Å². The van der Waals surface area contributed by atoms with Gasteiger partial charge in [-0.05, 0) is 91.2 Å². The monoisotopic (exact) mass is 714 g/mol. The first-order valence-electron chi connectivity index (χ1n) is 19.1. The molecule has 9 aromatic carbocycles. The van der Waals surface area contributed by atoms with Crippen molar-refractivity contribution in [3.8, 4) is 22.5 Å². The summed E-state index contributed by atoms with van der Waals surface area (Å²) in [5.41, 5.74) is 9.93. The molecule has 256 valence electrons. The fourth-order valence-electron chi connectivity index (χ4n) is 9.97. The molecule has 0 N–H and O–H groups in total. The second-order valence-corrected chi connectivity index (χ2v) is 18.6. The van der Waals surface area contributed by atoms with Gasteiger partial charge < -0.3 is 9.13 Å². The molecule has 0 saturated heterocycles. The van der Waals surface area contributed by atoms with Gasteiger partial charge in [-0.15, -0.1) is 0 Å². The number of rotatable bonds is 4. The molecule has 3 heterocycles. The standard InChI is InChI=1S/C52H34N2Si/c1-2-15-38(16-3-1)55(50-24-12-8-20-43(50)44-21-9-13-25-51(44)55)39-30-27-36(28-31-39)53-48-33-29-37(34-45(48)52-40-17-5-4-14-35(40)26-32-49(52)53)54-46-22-10-6-18-41(46)42-19-7-11-23-47(42)54/h1-34H. The lowest BCUT2D eigenvalue weighted by atomic mass is 10.0. The van der Waals surface area contributed by atoms with Crippen molar-refractivity contribution in [1.29, 1.82) is 0 Å². The van der Waals surface area contributed by atoms with Gasteiger partial charge in [-0.3, -0.25) is 0 Å². The van der Waals surface area contributed by atoms with E-state index in [2.05, 4.69) is 215 Å². The molecule has 0 saturated carbocycles. The first-order chi connectivity index (χ1) is 27.3. The number of hydrogen-bond acceptors (Lipinski definition) is 0. The lowest BCUT2D eigenvalue weighted by Gasteiger charge is -2.31. The normalized spacial score (nSPS) is 13.2. The minimum absolute atomic E-state index is 1.17. The average Bonchev–Trinajstić information content (AvgIpc) is 3.88. The van der Waals surface area contributed by atoms with Crippen molar-refractivity contribution in [3.05, 3.63) is 206 Å². The Morgan fingerprint density at radius 3 is 1.49 bits per heavy atom. The fraction of sp³-hybridized carbons (Fsp3) is 0. The van der Waals surface area contributed by atoms with Crippen molar-refractivity contribution in [2.45, 2.75) is 0 Å². The van der Waals surface area contributed by atoms with E-state index in [4.69, 9.17) is 0 Å². The Balaban J connectivity index is 1.11. The molecule has 0 aliphatic carbocycles. The fourth-order valence-corrected chi connectivity index (χ4v) is 15.1. The van der Waals surface area contributed by atoms with Crippen LogP contribution in [-0.4, -0.2) is 17.2 Å². The Labute approximate surface area is 319 Å². The average molecular weight is 715 g/mol. The first-order valence-corrected chi connectivity index (χ1v) is 21.1. The molecule has 2 aromatic heterocycles. The number of hydrogen-bond donors (Lipinski definition) is 0. The maximum absolute atomic E-state index is 2.57. The van der Waals surface area contributed by atoms with E-state index in [0.717, 1.165) is 0 Å². The molecule has 1 aliphatic heterocycles. The molecule has 1 aliphatic rings. The van der Waals surface area contributed by atoms with Crippen LogP contribution in [0.2, 0.25) is 0 Å². The van der Waals surface area contributed by atoms with Gasteiger partial charge in [0.2, 0.25) is 0 Å². The minimum atomic E-state index is -2.57. The highest BCUT2D eigenvalue weighted by molar-refractivity contribution is 7.22. The van der Waals surface area contributed by atoms with Crippen molar-refractivity contribution in [2.24, 2.45) is 0 Å². The van der Waals surface area contributed by atoms with Crippen molar-refractivity contribution in [3.63, 3.8) is 0 Å². The molecule has 0 fully saturated rings. The summed E-state index contributed by atoms with van der Waals surface area (Å²) in [5.74, 6) is 0. The zero-order valence-electron chi connectivity index (χ0n) is 30.0. The van der Waals surface area contributed by atoms with Crippen molar-refractivity contribution >= 4 is 83.2 Å². The summed E-state index contributed by atoms with van der Waals surface area (Å²) in [6.07, 6.45) is 0. The summed E-state index contributed by atoms with van der Waals surface area (Å²) < 4.78 is 4.90. The lowest BCUT2D eigenvalue weighted by Crippen LogP contribution is -2.72. The number of aromatic nitrogens is 2. The van der Waals surface area contributed by atoms with Gasteiger partial charge in [0.1, 0.15) is 0 Å².